The average Bonchev–Trinajstić information content (AvgIpc) is 2.21. The second-order valence-corrected chi connectivity index (χ2v) is 3.14. The van der Waals surface area contributed by atoms with Gasteiger partial charge in [0.2, 0.25) is 5.79 Å². The third kappa shape index (κ3) is 1.06. The summed E-state index contributed by atoms with van der Waals surface area (Å²) in [4.78, 5) is 5.10. The quantitative estimate of drug-likeness (QED) is 0.437. The van der Waals surface area contributed by atoms with Crippen molar-refractivity contribution in [3.8, 4) is 0 Å². The van der Waals surface area contributed by atoms with Crippen molar-refractivity contribution in [2.24, 2.45) is 0 Å². The molecule has 13 heavy (non-hydrogen) atoms. The van der Waals surface area contributed by atoms with Crippen molar-refractivity contribution in [3.05, 3.63) is 12.2 Å². The molecule has 0 amide bonds. The van der Waals surface area contributed by atoms with Gasteiger partial charge in [-0.1, -0.05) is 12.2 Å². The number of aliphatic hydroxyl groups excluding tert-OH is 1. The second-order valence-electron chi connectivity index (χ2n) is 3.14. The molecule has 0 radical (unpaired) electrons. The molecule has 3 rings (SSSR count). The largest absolute Gasteiger partial charge is 0.384 e. The van der Waals surface area contributed by atoms with Gasteiger partial charge in [-0.15, -0.1) is 0 Å². The van der Waals surface area contributed by atoms with Crippen LogP contribution in [0.2, 0.25) is 0 Å². The first-order valence-corrected chi connectivity index (χ1v) is 4.12. The first kappa shape index (κ1) is 9.11. The van der Waals surface area contributed by atoms with Gasteiger partial charge in [0, 0.05) is 14.2 Å². The predicted octanol–water partition coefficient (Wildman–Crippen LogP) is -0.822. The van der Waals surface area contributed by atoms with Crippen LogP contribution in [0.4, 0.5) is 0 Å². The van der Waals surface area contributed by atoms with Gasteiger partial charge in [0.25, 0.3) is 0 Å². The van der Waals surface area contributed by atoms with Crippen LogP contribution in [0.3, 0.4) is 0 Å². The van der Waals surface area contributed by atoms with E-state index in [4.69, 9.17) is 14.3 Å². The molecule has 3 unspecified atom stereocenters. The lowest BCUT2D eigenvalue weighted by molar-refractivity contribution is -0.332. The van der Waals surface area contributed by atoms with Crippen LogP contribution in [0, 0.1) is 0 Å². The van der Waals surface area contributed by atoms with Crippen molar-refractivity contribution in [2.45, 2.75) is 24.0 Å². The maximum atomic E-state index is 9.84. The lowest BCUT2D eigenvalue weighted by atomic mass is 9.89. The lowest BCUT2D eigenvalue weighted by Gasteiger charge is -2.49. The van der Waals surface area contributed by atoms with Gasteiger partial charge in [0.15, 0.2) is 0 Å². The molecular formula is C8H13NO4. The summed E-state index contributed by atoms with van der Waals surface area (Å²) in [6.07, 6.45) is 2.44. The average molecular weight is 187 g/mol. The Morgan fingerprint density at radius 2 is 2.08 bits per heavy atom. The van der Waals surface area contributed by atoms with Crippen LogP contribution >= 0.6 is 0 Å². The highest BCUT2D eigenvalue weighted by Gasteiger charge is 2.54. The van der Waals surface area contributed by atoms with Crippen LogP contribution in [0.5, 0.6) is 0 Å². The minimum Gasteiger partial charge on any atom is -0.384 e. The molecule has 1 aliphatic carbocycles. The third-order valence-electron chi connectivity index (χ3n) is 2.62. The molecule has 0 saturated carbocycles. The molecule has 5 nitrogen and oxygen atoms in total. The maximum Gasteiger partial charge on any atom is 0.218 e. The predicted molar refractivity (Wildman–Crippen MR) is 43.7 cm³/mol. The molecule has 2 heterocycles. The van der Waals surface area contributed by atoms with Gasteiger partial charge in [-0.05, 0) is 0 Å². The molecule has 0 aromatic rings. The van der Waals surface area contributed by atoms with E-state index in [-0.39, 0.29) is 6.04 Å². The van der Waals surface area contributed by atoms with E-state index >= 15 is 0 Å². The molecule has 1 fully saturated rings. The topological polar surface area (TPSA) is 60.0 Å². The van der Waals surface area contributed by atoms with Gasteiger partial charge in [-0.25, -0.2) is 0 Å². The van der Waals surface area contributed by atoms with E-state index in [2.05, 4.69) is 5.48 Å². The van der Waals surface area contributed by atoms with Crippen LogP contribution in [0.15, 0.2) is 12.2 Å². The van der Waals surface area contributed by atoms with Gasteiger partial charge in [0.05, 0.1) is 0 Å². The number of aliphatic hydroxyl groups is 1. The molecule has 1 saturated heterocycles. The number of methoxy groups -OCH3 is 2. The van der Waals surface area contributed by atoms with Gasteiger partial charge >= 0.3 is 0 Å². The van der Waals surface area contributed by atoms with E-state index < -0.39 is 18.0 Å². The summed E-state index contributed by atoms with van der Waals surface area (Å²) < 4.78 is 10.4. The van der Waals surface area contributed by atoms with Crippen molar-refractivity contribution in [2.75, 3.05) is 14.2 Å². The van der Waals surface area contributed by atoms with E-state index in [0.29, 0.717) is 0 Å². The number of hydrogen-bond acceptors (Lipinski definition) is 5. The summed E-state index contributed by atoms with van der Waals surface area (Å²) in [6.45, 7) is 0. The van der Waals surface area contributed by atoms with E-state index in [1.165, 1.54) is 14.2 Å². The Labute approximate surface area is 76.2 Å². The van der Waals surface area contributed by atoms with Gasteiger partial charge < -0.3 is 14.6 Å². The van der Waals surface area contributed by atoms with Crippen LogP contribution < -0.4 is 5.48 Å². The van der Waals surface area contributed by atoms with Crippen molar-refractivity contribution in [3.63, 3.8) is 0 Å². The number of hydroxylamine groups is 1. The molecule has 3 atom stereocenters. The zero-order chi connectivity index (χ0) is 9.47. The first-order valence-electron chi connectivity index (χ1n) is 4.12. The molecule has 2 bridgehead atoms. The van der Waals surface area contributed by atoms with Crippen LogP contribution in [-0.2, 0) is 14.3 Å². The van der Waals surface area contributed by atoms with Crippen LogP contribution in [0.25, 0.3) is 0 Å². The van der Waals surface area contributed by atoms with Crippen molar-refractivity contribution in [1.82, 2.24) is 5.48 Å². The van der Waals surface area contributed by atoms with Gasteiger partial charge in [0.1, 0.15) is 18.2 Å². The summed E-state index contributed by atoms with van der Waals surface area (Å²) in [5.41, 5.74) is 2.74. The molecular weight excluding hydrogens is 174 g/mol. The monoisotopic (exact) mass is 187 g/mol. The molecule has 74 valence electrons. The fourth-order valence-electron chi connectivity index (χ4n) is 1.83. The summed E-state index contributed by atoms with van der Waals surface area (Å²) in [6, 6.07) is -0.275. The summed E-state index contributed by atoms with van der Waals surface area (Å²) in [5.74, 6) is -1.03. The highest BCUT2D eigenvalue weighted by atomic mass is 16.7. The number of fused-ring (bicyclic) bond motifs is 2. The van der Waals surface area contributed by atoms with Gasteiger partial charge in [-0.2, -0.15) is 5.48 Å². The molecule has 0 aromatic carbocycles. The van der Waals surface area contributed by atoms with E-state index in [0.717, 1.165) is 0 Å². The molecule has 2 N–H and O–H groups in total. The van der Waals surface area contributed by atoms with Gasteiger partial charge in [-0.3, -0.25) is 4.84 Å². The third-order valence-corrected chi connectivity index (χ3v) is 2.62. The number of nitrogens with one attached hydrogen (secondary N) is 1. The molecule has 3 aliphatic rings. The minimum absolute atomic E-state index is 0.275. The highest BCUT2D eigenvalue weighted by molar-refractivity contribution is 5.17. The molecule has 2 aliphatic heterocycles. The minimum atomic E-state index is -1.03. The molecule has 0 aromatic heterocycles. The first-order chi connectivity index (χ1) is 6.24. The zero-order valence-corrected chi connectivity index (χ0v) is 7.56. The zero-order valence-electron chi connectivity index (χ0n) is 7.56. The number of ether oxygens (including phenoxy) is 2. The van der Waals surface area contributed by atoms with E-state index in [9.17, 15) is 5.11 Å². The fourth-order valence-corrected chi connectivity index (χ4v) is 1.83. The normalized spacial score (nSPS) is 41.0. The fraction of sp³-hybridized carbons (Fsp3) is 0.750. The highest BCUT2D eigenvalue weighted by Crippen LogP contribution is 2.33. The SMILES string of the molecule is COC1(OC)C2C=CC(ON2)C1O. The lowest BCUT2D eigenvalue weighted by Crippen LogP contribution is -2.70. The molecule has 5 heteroatoms. The van der Waals surface area contributed by atoms with Crippen molar-refractivity contribution < 1.29 is 19.4 Å². The van der Waals surface area contributed by atoms with E-state index in [1.807, 2.05) is 6.08 Å². The smallest absolute Gasteiger partial charge is 0.218 e. The Kier molecular flexibility index (Phi) is 2.13. The number of rotatable bonds is 2. The Balaban J connectivity index is 2.33. The van der Waals surface area contributed by atoms with Crippen LogP contribution in [-0.4, -0.2) is 43.4 Å². The number of hydrogen-bond donors (Lipinski definition) is 2. The molecule has 0 spiro atoms. The summed E-state index contributed by atoms with van der Waals surface area (Å²) in [5, 5.41) is 9.84. The standard InChI is InChI=1S/C8H13NO4/c1-11-8(12-2)6-4-3-5(7(8)10)13-9-6/h3-7,9-10H,1-2H3. The Hall–Kier alpha value is -0.460. The Morgan fingerprint density at radius 1 is 1.38 bits per heavy atom. The van der Waals surface area contributed by atoms with Crippen molar-refractivity contribution in [1.29, 1.82) is 0 Å². The van der Waals surface area contributed by atoms with Crippen LogP contribution in [0.1, 0.15) is 0 Å². The van der Waals surface area contributed by atoms with Crippen molar-refractivity contribution >= 4 is 0 Å². The second kappa shape index (κ2) is 3.04. The Bertz CT molecular complexity index is 226. The summed E-state index contributed by atoms with van der Waals surface area (Å²) in [7, 11) is 3.01. The summed E-state index contributed by atoms with van der Waals surface area (Å²) >= 11 is 0. The Morgan fingerprint density at radius 3 is 2.38 bits per heavy atom. The van der Waals surface area contributed by atoms with E-state index in [1.54, 1.807) is 6.08 Å². The maximum absolute atomic E-state index is 9.84.